The van der Waals surface area contributed by atoms with Crippen LogP contribution in [0.15, 0.2) is 37.3 Å². The molecule has 8 nitrogen and oxygen atoms in total. The quantitative estimate of drug-likeness (QED) is 0.574. The highest BCUT2D eigenvalue weighted by Crippen LogP contribution is 2.14. The van der Waals surface area contributed by atoms with Gasteiger partial charge in [0, 0.05) is 13.8 Å². The maximum absolute atomic E-state index is 10.4. The maximum atomic E-state index is 10.4. The first-order chi connectivity index (χ1) is 10.3. The highest BCUT2D eigenvalue weighted by Gasteiger charge is 2.24. The summed E-state index contributed by atoms with van der Waals surface area (Å²) < 4.78 is 18.6. The lowest BCUT2D eigenvalue weighted by Crippen LogP contribution is -2.21. The zero-order valence-electron chi connectivity index (χ0n) is 12.3. The summed E-state index contributed by atoms with van der Waals surface area (Å²) in [6.45, 7) is 9.39. The molecule has 0 saturated heterocycles. The monoisotopic (exact) mass is 314 g/mol. The van der Waals surface area contributed by atoms with Crippen molar-refractivity contribution in [2.24, 2.45) is 0 Å². The molecule has 2 atom stereocenters. The third-order valence-corrected chi connectivity index (χ3v) is 1.98. The van der Waals surface area contributed by atoms with Crippen molar-refractivity contribution in [2.45, 2.75) is 26.2 Å². The Morgan fingerprint density at radius 1 is 1.36 bits per heavy atom. The summed E-state index contributed by atoms with van der Waals surface area (Å²) in [7, 11) is 0. The first-order valence-corrected chi connectivity index (χ1v) is 6.10. The largest absolute Gasteiger partial charge is 0.476 e. The minimum absolute atomic E-state index is 0.0262. The van der Waals surface area contributed by atoms with E-state index in [-0.39, 0.29) is 6.61 Å². The summed E-state index contributed by atoms with van der Waals surface area (Å²) >= 11 is 0. The van der Waals surface area contributed by atoms with Crippen molar-refractivity contribution < 1.29 is 38.4 Å². The molecule has 1 N–H and O–H groups in total. The van der Waals surface area contributed by atoms with Gasteiger partial charge in [-0.1, -0.05) is 13.2 Å². The van der Waals surface area contributed by atoms with E-state index in [4.69, 9.17) is 14.6 Å². The SMILES string of the molecule is C=CC(COC(C)=O)OC(C)=O.C=CC1=COC(C(=O)O)O1. The molecule has 0 amide bonds. The van der Waals surface area contributed by atoms with E-state index in [0.29, 0.717) is 5.76 Å². The van der Waals surface area contributed by atoms with E-state index in [1.807, 2.05) is 0 Å². The Kier molecular flexibility index (Phi) is 8.77. The van der Waals surface area contributed by atoms with Crippen molar-refractivity contribution in [3.05, 3.63) is 37.3 Å². The van der Waals surface area contributed by atoms with Gasteiger partial charge in [0.15, 0.2) is 11.9 Å². The Morgan fingerprint density at radius 3 is 2.32 bits per heavy atom. The molecule has 0 radical (unpaired) electrons. The Balaban J connectivity index is 0.000000406. The molecule has 8 heteroatoms. The Labute approximate surface area is 127 Å². The van der Waals surface area contributed by atoms with Crippen molar-refractivity contribution in [1.29, 1.82) is 0 Å². The van der Waals surface area contributed by atoms with Crippen molar-refractivity contribution >= 4 is 17.9 Å². The lowest BCUT2D eigenvalue weighted by molar-refractivity contribution is -0.163. The number of hydrogen-bond acceptors (Lipinski definition) is 7. The van der Waals surface area contributed by atoms with E-state index >= 15 is 0 Å². The number of allylic oxidation sites excluding steroid dienone is 1. The molecular formula is C14H18O8. The second-order valence-electron chi connectivity index (χ2n) is 3.83. The first kappa shape index (κ1) is 19.2. The normalized spacial score (nSPS) is 16.5. The van der Waals surface area contributed by atoms with Crippen LogP contribution in [0.25, 0.3) is 0 Å². The van der Waals surface area contributed by atoms with Gasteiger partial charge in [-0.2, -0.15) is 0 Å². The van der Waals surface area contributed by atoms with Crippen LogP contribution in [0.2, 0.25) is 0 Å². The molecule has 0 aromatic heterocycles. The van der Waals surface area contributed by atoms with Crippen LogP contribution in [0.1, 0.15) is 13.8 Å². The first-order valence-electron chi connectivity index (χ1n) is 6.10. The molecule has 1 aliphatic rings. The lowest BCUT2D eigenvalue weighted by atomic mass is 10.4. The van der Waals surface area contributed by atoms with E-state index < -0.39 is 30.3 Å². The van der Waals surface area contributed by atoms with E-state index in [1.54, 1.807) is 0 Å². The number of carbonyl (C=O) groups excluding carboxylic acids is 2. The van der Waals surface area contributed by atoms with Crippen LogP contribution >= 0.6 is 0 Å². The number of carboxylic acids is 1. The predicted molar refractivity (Wildman–Crippen MR) is 74.3 cm³/mol. The maximum Gasteiger partial charge on any atom is 0.387 e. The number of aliphatic carboxylic acids is 1. The van der Waals surface area contributed by atoms with Crippen LogP contribution in [0.5, 0.6) is 0 Å². The number of carbonyl (C=O) groups is 3. The van der Waals surface area contributed by atoms with Crippen LogP contribution < -0.4 is 0 Å². The summed E-state index contributed by atoms with van der Waals surface area (Å²) in [6.07, 6.45) is 2.25. The second-order valence-corrected chi connectivity index (χ2v) is 3.83. The van der Waals surface area contributed by atoms with Gasteiger partial charge in [0.05, 0.1) is 0 Å². The summed E-state index contributed by atoms with van der Waals surface area (Å²) in [5.74, 6) is -1.64. The zero-order chi connectivity index (χ0) is 17.1. The topological polar surface area (TPSA) is 108 Å². The Hall–Kier alpha value is -2.77. The van der Waals surface area contributed by atoms with Crippen LogP contribution in [-0.2, 0) is 33.3 Å². The molecule has 0 bridgehead atoms. The lowest BCUT2D eigenvalue weighted by Gasteiger charge is -2.11. The Morgan fingerprint density at radius 2 is 2.00 bits per heavy atom. The minimum atomic E-state index is -1.20. The third-order valence-electron chi connectivity index (χ3n) is 1.98. The van der Waals surface area contributed by atoms with Crippen LogP contribution in [0, 0.1) is 0 Å². The van der Waals surface area contributed by atoms with E-state index in [2.05, 4.69) is 22.6 Å². The van der Waals surface area contributed by atoms with Crippen molar-refractivity contribution in [1.82, 2.24) is 0 Å². The predicted octanol–water partition coefficient (Wildman–Crippen LogP) is 1.14. The number of hydrogen-bond donors (Lipinski definition) is 1. The van der Waals surface area contributed by atoms with Crippen LogP contribution in [-0.4, -0.2) is 42.0 Å². The molecule has 0 aromatic carbocycles. The summed E-state index contributed by atoms with van der Waals surface area (Å²) in [5, 5.41) is 8.31. The smallest absolute Gasteiger partial charge is 0.387 e. The molecule has 0 fully saturated rings. The minimum Gasteiger partial charge on any atom is -0.476 e. The molecule has 1 rings (SSSR count). The van der Waals surface area contributed by atoms with Gasteiger partial charge in [0.25, 0.3) is 0 Å². The summed E-state index contributed by atoms with van der Waals surface area (Å²) in [6, 6.07) is 0. The van der Waals surface area contributed by atoms with Gasteiger partial charge < -0.3 is 24.1 Å². The molecular weight excluding hydrogens is 296 g/mol. The summed E-state index contributed by atoms with van der Waals surface area (Å²) in [5.41, 5.74) is 0. The highest BCUT2D eigenvalue weighted by atomic mass is 16.7. The second kappa shape index (κ2) is 10.0. The van der Waals surface area contributed by atoms with E-state index in [9.17, 15) is 14.4 Å². The molecule has 2 unspecified atom stereocenters. The molecule has 0 saturated carbocycles. The van der Waals surface area contributed by atoms with Gasteiger partial charge in [0.2, 0.25) is 0 Å². The molecule has 1 aliphatic heterocycles. The fourth-order valence-corrected chi connectivity index (χ4v) is 1.08. The molecule has 0 aromatic rings. The van der Waals surface area contributed by atoms with Gasteiger partial charge >= 0.3 is 24.2 Å². The fourth-order valence-electron chi connectivity index (χ4n) is 1.08. The fraction of sp³-hybridized carbons (Fsp3) is 0.357. The molecule has 22 heavy (non-hydrogen) atoms. The molecule has 1 heterocycles. The Bertz CT molecular complexity index is 465. The van der Waals surface area contributed by atoms with Crippen molar-refractivity contribution in [3.63, 3.8) is 0 Å². The number of carboxylic acid groups (broad SMARTS) is 1. The number of rotatable bonds is 6. The standard InChI is InChI=1S/C8H12O4.C6H6O4/c1-4-8(12-7(3)10)5-11-6(2)9;1-2-4-3-9-6(10-4)5(7)8/h4,8H,1,5H2,2-3H3;2-3,6H,1H2,(H,7,8). The zero-order valence-corrected chi connectivity index (χ0v) is 12.3. The molecule has 0 aliphatic carbocycles. The van der Waals surface area contributed by atoms with Gasteiger partial charge in [0.1, 0.15) is 12.9 Å². The third kappa shape index (κ3) is 8.41. The highest BCUT2D eigenvalue weighted by molar-refractivity contribution is 5.71. The number of ether oxygens (including phenoxy) is 4. The van der Waals surface area contributed by atoms with E-state index in [0.717, 1.165) is 0 Å². The van der Waals surface area contributed by atoms with Gasteiger partial charge in [-0.05, 0) is 12.2 Å². The molecule has 0 spiro atoms. The van der Waals surface area contributed by atoms with Crippen molar-refractivity contribution in [2.75, 3.05) is 6.61 Å². The van der Waals surface area contributed by atoms with Gasteiger partial charge in [-0.3, -0.25) is 9.59 Å². The van der Waals surface area contributed by atoms with Crippen LogP contribution in [0.3, 0.4) is 0 Å². The summed E-state index contributed by atoms with van der Waals surface area (Å²) in [4.78, 5) is 30.9. The average molecular weight is 314 g/mol. The van der Waals surface area contributed by atoms with Gasteiger partial charge in [-0.15, -0.1) is 0 Å². The molecule has 122 valence electrons. The van der Waals surface area contributed by atoms with Gasteiger partial charge in [-0.25, -0.2) is 4.79 Å². The van der Waals surface area contributed by atoms with Crippen LogP contribution in [0.4, 0.5) is 0 Å². The number of esters is 2. The van der Waals surface area contributed by atoms with Crippen molar-refractivity contribution in [3.8, 4) is 0 Å². The average Bonchev–Trinajstić information content (AvgIpc) is 2.92. The van der Waals surface area contributed by atoms with E-state index in [1.165, 1.54) is 32.3 Å².